The maximum atomic E-state index is 12.4. The molecule has 2 N–H and O–H groups in total. The molecule has 1 fully saturated rings. The number of phenolic OH excluding ortho intramolecular Hbond substituents is 1. The second kappa shape index (κ2) is 7.55. The molecule has 0 aromatic heterocycles. The Morgan fingerprint density at radius 3 is 2.44 bits per heavy atom. The molecule has 0 atom stereocenters. The Morgan fingerprint density at radius 2 is 1.92 bits per heavy atom. The van der Waals surface area contributed by atoms with E-state index in [1.165, 1.54) is 0 Å². The predicted octanol–water partition coefficient (Wildman–Crippen LogP) is 2.35. The van der Waals surface area contributed by atoms with Gasteiger partial charge >= 0.3 is 12.0 Å². The van der Waals surface area contributed by atoms with Crippen LogP contribution >= 0.6 is 0 Å². The number of nitrogens with one attached hydrogen (secondary N) is 1. The number of urea groups is 1. The van der Waals surface area contributed by atoms with Gasteiger partial charge in [-0.1, -0.05) is 33.8 Å². The number of aromatic hydroxyl groups is 1. The molecule has 0 aliphatic carbocycles. The van der Waals surface area contributed by atoms with Crippen LogP contribution in [-0.2, 0) is 9.53 Å². The van der Waals surface area contributed by atoms with Crippen molar-refractivity contribution in [2.45, 2.75) is 39.5 Å². The normalized spacial score (nSPS) is 14.2. The van der Waals surface area contributed by atoms with Crippen molar-refractivity contribution in [1.29, 1.82) is 0 Å². The van der Waals surface area contributed by atoms with Crippen LogP contribution in [0, 0.1) is 0 Å². The molecule has 3 amide bonds. The largest absolute Gasteiger partial charge is 0.507 e. The number of phenols is 1. The number of benzene rings is 1. The van der Waals surface area contributed by atoms with Crippen molar-refractivity contribution in [3.05, 3.63) is 28.8 Å². The molecule has 1 saturated heterocycles. The molecule has 1 heterocycles. The number of esters is 1. The Balaban J connectivity index is 2.17. The van der Waals surface area contributed by atoms with Gasteiger partial charge in [-0.3, -0.25) is 9.69 Å². The summed E-state index contributed by atoms with van der Waals surface area (Å²) in [6.45, 7) is 7.90. The summed E-state index contributed by atoms with van der Waals surface area (Å²) in [5.74, 6) is -1.31. The molecule has 1 aliphatic rings. The van der Waals surface area contributed by atoms with E-state index >= 15 is 0 Å². The molecule has 0 bridgehead atoms. The second-order valence-electron chi connectivity index (χ2n) is 6.67. The van der Waals surface area contributed by atoms with Gasteiger partial charge in [-0.2, -0.15) is 0 Å². The molecule has 1 aromatic carbocycles. The topological polar surface area (TPSA) is 95.9 Å². The number of imide groups is 1. The summed E-state index contributed by atoms with van der Waals surface area (Å²) < 4.78 is 5.03. The van der Waals surface area contributed by atoms with Crippen LogP contribution in [0.2, 0.25) is 0 Å². The molecule has 1 aliphatic heterocycles. The molecule has 7 nitrogen and oxygen atoms in total. The van der Waals surface area contributed by atoms with Gasteiger partial charge in [0.15, 0.2) is 6.61 Å². The highest BCUT2D eigenvalue weighted by Crippen LogP contribution is 2.33. The lowest BCUT2D eigenvalue weighted by Gasteiger charge is -2.17. The summed E-state index contributed by atoms with van der Waals surface area (Å²) in [5.41, 5.74) is 1.59. The van der Waals surface area contributed by atoms with Crippen LogP contribution in [0.3, 0.4) is 0 Å². The third-order valence-corrected chi connectivity index (χ3v) is 4.15. The zero-order valence-corrected chi connectivity index (χ0v) is 15.0. The predicted molar refractivity (Wildman–Crippen MR) is 91.7 cm³/mol. The van der Waals surface area contributed by atoms with Crippen LogP contribution in [0.15, 0.2) is 12.1 Å². The molecule has 25 heavy (non-hydrogen) atoms. The van der Waals surface area contributed by atoms with Crippen molar-refractivity contribution >= 4 is 17.9 Å². The highest BCUT2D eigenvalue weighted by Gasteiger charge is 2.27. The number of ether oxygens (including phenoxy) is 1. The smallest absolute Gasteiger partial charge is 0.342 e. The quantitative estimate of drug-likeness (QED) is 0.796. The van der Waals surface area contributed by atoms with E-state index in [4.69, 9.17) is 4.74 Å². The number of carbonyl (C=O) groups is 3. The first-order valence-electron chi connectivity index (χ1n) is 8.34. The zero-order valence-electron chi connectivity index (χ0n) is 15.0. The lowest BCUT2D eigenvalue weighted by molar-refractivity contribution is -0.130. The fourth-order valence-corrected chi connectivity index (χ4v) is 2.60. The van der Waals surface area contributed by atoms with Crippen molar-refractivity contribution in [2.24, 2.45) is 0 Å². The maximum Gasteiger partial charge on any atom is 0.342 e. The average molecular weight is 348 g/mol. The number of hydrogen-bond donors (Lipinski definition) is 2. The molecule has 0 spiro atoms. The van der Waals surface area contributed by atoms with Crippen molar-refractivity contribution < 1.29 is 24.2 Å². The van der Waals surface area contributed by atoms with Gasteiger partial charge in [0.2, 0.25) is 0 Å². The van der Waals surface area contributed by atoms with Gasteiger partial charge in [0, 0.05) is 13.1 Å². The van der Waals surface area contributed by atoms with E-state index in [1.54, 1.807) is 6.07 Å². The Morgan fingerprint density at radius 1 is 1.24 bits per heavy atom. The van der Waals surface area contributed by atoms with Crippen LogP contribution in [0.25, 0.3) is 0 Å². The van der Waals surface area contributed by atoms with E-state index in [2.05, 4.69) is 5.32 Å². The van der Waals surface area contributed by atoms with Crippen LogP contribution < -0.4 is 5.32 Å². The molecular formula is C18H24N2O5. The van der Waals surface area contributed by atoms with E-state index in [-0.39, 0.29) is 29.7 Å². The SMILES string of the molecule is CC(C)c1cc(C(=O)OCC(=O)N2CCNC2=O)c(O)c(C(C)C)c1. The molecule has 0 unspecified atom stereocenters. The summed E-state index contributed by atoms with van der Waals surface area (Å²) in [5, 5.41) is 12.9. The van der Waals surface area contributed by atoms with Crippen molar-refractivity contribution in [2.75, 3.05) is 19.7 Å². The molecule has 1 aromatic rings. The standard InChI is InChI=1S/C18H24N2O5/c1-10(2)12-7-13(11(3)4)16(22)14(8-12)17(23)25-9-15(21)20-6-5-19-18(20)24/h7-8,10-11,22H,5-6,9H2,1-4H3,(H,19,24). The van der Waals surface area contributed by atoms with E-state index in [0.29, 0.717) is 12.1 Å². The monoisotopic (exact) mass is 348 g/mol. The minimum Gasteiger partial charge on any atom is -0.507 e. The van der Waals surface area contributed by atoms with Crippen molar-refractivity contribution in [3.63, 3.8) is 0 Å². The minimum absolute atomic E-state index is 0.0279. The summed E-state index contributed by atoms with van der Waals surface area (Å²) in [7, 11) is 0. The fourth-order valence-electron chi connectivity index (χ4n) is 2.60. The van der Waals surface area contributed by atoms with Crippen LogP contribution in [0.1, 0.15) is 61.0 Å². The Labute approximate surface area is 147 Å². The molecule has 7 heteroatoms. The molecule has 0 saturated carbocycles. The lowest BCUT2D eigenvalue weighted by atomic mass is 9.92. The third-order valence-electron chi connectivity index (χ3n) is 4.15. The van der Waals surface area contributed by atoms with Gasteiger partial charge < -0.3 is 15.2 Å². The van der Waals surface area contributed by atoms with Crippen molar-refractivity contribution in [3.8, 4) is 5.75 Å². The van der Waals surface area contributed by atoms with Gasteiger partial charge in [0.05, 0.1) is 0 Å². The lowest BCUT2D eigenvalue weighted by Crippen LogP contribution is -2.37. The first-order valence-corrected chi connectivity index (χ1v) is 8.34. The second-order valence-corrected chi connectivity index (χ2v) is 6.67. The number of carbonyl (C=O) groups excluding carboxylic acids is 3. The first-order chi connectivity index (χ1) is 11.7. The van der Waals surface area contributed by atoms with E-state index in [1.807, 2.05) is 33.8 Å². The Bertz CT molecular complexity index is 697. The number of hydrogen-bond acceptors (Lipinski definition) is 5. The van der Waals surface area contributed by atoms with Crippen LogP contribution in [0.4, 0.5) is 4.79 Å². The average Bonchev–Trinajstić information content (AvgIpc) is 2.98. The minimum atomic E-state index is -0.783. The zero-order chi connectivity index (χ0) is 18.7. The molecule has 136 valence electrons. The summed E-state index contributed by atoms with van der Waals surface area (Å²) in [4.78, 5) is 36.7. The Hall–Kier alpha value is -2.57. The van der Waals surface area contributed by atoms with Gasteiger partial charge in [-0.25, -0.2) is 9.59 Å². The number of nitrogens with zero attached hydrogens (tertiary/aromatic N) is 1. The van der Waals surface area contributed by atoms with E-state index in [0.717, 1.165) is 10.5 Å². The molecule has 2 rings (SSSR count). The van der Waals surface area contributed by atoms with Gasteiger partial charge in [0.1, 0.15) is 11.3 Å². The van der Waals surface area contributed by atoms with Crippen LogP contribution in [0.5, 0.6) is 5.75 Å². The highest BCUT2D eigenvalue weighted by molar-refractivity contribution is 5.99. The number of amides is 3. The summed E-state index contributed by atoms with van der Waals surface area (Å²) in [6, 6.07) is 2.97. The molecule has 0 radical (unpaired) electrons. The first kappa shape index (κ1) is 18.8. The summed E-state index contributed by atoms with van der Waals surface area (Å²) in [6.07, 6.45) is 0. The van der Waals surface area contributed by atoms with Gasteiger partial charge in [-0.05, 0) is 29.0 Å². The van der Waals surface area contributed by atoms with Gasteiger partial charge in [0.25, 0.3) is 5.91 Å². The summed E-state index contributed by atoms with van der Waals surface area (Å²) >= 11 is 0. The van der Waals surface area contributed by atoms with Crippen LogP contribution in [-0.4, -0.2) is 47.6 Å². The molecular weight excluding hydrogens is 324 g/mol. The third kappa shape index (κ3) is 4.10. The van der Waals surface area contributed by atoms with E-state index < -0.39 is 24.5 Å². The fraction of sp³-hybridized carbons (Fsp3) is 0.500. The number of rotatable bonds is 5. The van der Waals surface area contributed by atoms with E-state index in [9.17, 15) is 19.5 Å². The highest BCUT2D eigenvalue weighted by atomic mass is 16.5. The maximum absolute atomic E-state index is 12.4. The Kier molecular flexibility index (Phi) is 5.66. The van der Waals surface area contributed by atoms with Crippen molar-refractivity contribution in [1.82, 2.24) is 10.2 Å². The van der Waals surface area contributed by atoms with Gasteiger partial charge in [-0.15, -0.1) is 0 Å².